The minimum Gasteiger partial charge on any atom is -0.493 e. The van der Waals surface area contributed by atoms with E-state index in [1.54, 1.807) is 24.1 Å². The molecule has 0 radical (unpaired) electrons. The molecule has 0 spiro atoms. The molecule has 6 nitrogen and oxygen atoms in total. The van der Waals surface area contributed by atoms with Crippen LogP contribution in [0.1, 0.15) is 0 Å². The van der Waals surface area contributed by atoms with E-state index in [1.165, 1.54) is 27.7 Å². The van der Waals surface area contributed by atoms with Crippen LogP contribution in [0.3, 0.4) is 0 Å². The van der Waals surface area contributed by atoms with Crippen molar-refractivity contribution in [3.8, 4) is 17.2 Å². The molecule has 0 aliphatic heterocycles. The molecule has 1 rings (SSSR count). The Balaban J connectivity index is 3.11. The molecule has 122 valence electrons. The van der Waals surface area contributed by atoms with E-state index in [2.05, 4.69) is 4.99 Å². The van der Waals surface area contributed by atoms with Gasteiger partial charge in [0, 0.05) is 24.9 Å². The van der Waals surface area contributed by atoms with Gasteiger partial charge in [-0.2, -0.15) is 4.99 Å². The highest BCUT2D eigenvalue weighted by atomic mass is 35.6. The van der Waals surface area contributed by atoms with Crippen molar-refractivity contribution in [1.29, 1.82) is 0 Å². The molecule has 0 aliphatic rings. The van der Waals surface area contributed by atoms with Crippen molar-refractivity contribution in [1.82, 2.24) is 0 Å². The van der Waals surface area contributed by atoms with Crippen molar-refractivity contribution < 1.29 is 19.0 Å². The maximum atomic E-state index is 11.5. The molecule has 0 aliphatic carbocycles. The van der Waals surface area contributed by atoms with E-state index in [4.69, 9.17) is 49.0 Å². The predicted molar refractivity (Wildman–Crippen MR) is 88.3 cm³/mol. The molecule has 0 heterocycles. The first-order valence-electron chi connectivity index (χ1n) is 5.92. The van der Waals surface area contributed by atoms with Crippen molar-refractivity contribution in [2.45, 2.75) is 3.79 Å². The van der Waals surface area contributed by atoms with Crippen LogP contribution in [0.25, 0.3) is 0 Å². The fourth-order valence-electron chi connectivity index (χ4n) is 1.55. The van der Waals surface area contributed by atoms with E-state index in [9.17, 15) is 4.79 Å². The van der Waals surface area contributed by atoms with E-state index >= 15 is 0 Å². The molecule has 1 aromatic carbocycles. The molecule has 0 N–H and O–H groups in total. The number of aliphatic imine (C=N–C) groups is 1. The lowest BCUT2D eigenvalue weighted by Gasteiger charge is -2.18. The summed E-state index contributed by atoms with van der Waals surface area (Å²) in [6.07, 6.45) is 1.23. The summed E-state index contributed by atoms with van der Waals surface area (Å²) in [7, 11) is 6.17. The molecule has 0 saturated carbocycles. The fourth-order valence-corrected chi connectivity index (χ4v) is 1.70. The Morgan fingerprint density at radius 1 is 1.14 bits per heavy atom. The average molecular weight is 370 g/mol. The third-order valence-corrected chi connectivity index (χ3v) is 3.13. The number of benzene rings is 1. The zero-order valence-corrected chi connectivity index (χ0v) is 14.7. The summed E-state index contributed by atoms with van der Waals surface area (Å²) >= 11 is 16.3. The lowest BCUT2D eigenvalue weighted by atomic mass is 10.2. The molecular weight excluding hydrogens is 355 g/mol. The van der Waals surface area contributed by atoms with Crippen molar-refractivity contribution in [3.63, 3.8) is 0 Å². The van der Waals surface area contributed by atoms with E-state index < -0.39 is 9.70 Å². The van der Waals surface area contributed by atoms with Crippen LogP contribution in [0, 0.1) is 0 Å². The Labute approximate surface area is 143 Å². The number of hydrogen-bond donors (Lipinski definition) is 0. The van der Waals surface area contributed by atoms with Crippen LogP contribution in [0.2, 0.25) is 0 Å². The predicted octanol–water partition coefficient (Wildman–Crippen LogP) is 3.07. The molecule has 0 atom stereocenters. The Morgan fingerprint density at radius 2 is 1.64 bits per heavy atom. The lowest BCUT2D eigenvalue weighted by Crippen LogP contribution is -2.20. The highest BCUT2D eigenvalue weighted by Crippen LogP contribution is 2.40. The first-order chi connectivity index (χ1) is 10.2. The molecule has 9 heteroatoms. The third kappa shape index (κ3) is 4.56. The Hall–Kier alpha value is -1.37. The van der Waals surface area contributed by atoms with Crippen LogP contribution in [-0.2, 0) is 4.79 Å². The number of carbonyl (C=O) groups excluding carboxylic acids is 1. The maximum Gasteiger partial charge on any atom is 0.299 e. The van der Waals surface area contributed by atoms with Crippen molar-refractivity contribution in [3.05, 3.63) is 12.1 Å². The van der Waals surface area contributed by atoms with Crippen LogP contribution >= 0.6 is 34.8 Å². The fraction of sp³-hybridized carbons (Fsp3) is 0.385. The van der Waals surface area contributed by atoms with E-state index in [-0.39, 0.29) is 0 Å². The lowest BCUT2D eigenvalue weighted by molar-refractivity contribution is -0.116. The minimum atomic E-state index is -2.09. The second-order valence-corrected chi connectivity index (χ2v) is 6.32. The SMILES string of the molecule is COc1cc(N(C)C=NC(=O)C(Cl)(Cl)Cl)cc(OC)c1OC. The number of amides is 1. The number of ether oxygens (including phenoxy) is 3. The molecule has 0 aromatic heterocycles. The number of rotatable bonds is 5. The van der Waals surface area contributed by atoms with Gasteiger partial charge >= 0.3 is 0 Å². The number of anilines is 1. The summed E-state index contributed by atoms with van der Waals surface area (Å²) in [4.78, 5) is 16.6. The summed E-state index contributed by atoms with van der Waals surface area (Å²) in [5.74, 6) is 0.489. The second kappa shape index (κ2) is 7.76. The van der Waals surface area contributed by atoms with Crippen LogP contribution in [0.5, 0.6) is 17.2 Å². The summed E-state index contributed by atoms with van der Waals surface area (Å²) in [5.41, 5.74) is 0.635. The molecular formula is C13H15Cl3N2O4. The summed E-state index contributed by atoms with van der Waals surface area (Å²) in [6, 6.07) is 3.38. The van der Waals surface area contributed by atoms with Crippen LogP contribution in [0.15, 0.2) is 17.1 Å². The normalized spacial score (nSPS) is 11.4. The first-order valence-corrected chi connectivity index (χ1v) is 7.06. The zero-order valence-electron chi connectivity index (χ0n) is 12.4. The van der Waals surface area contributed by atoms with Gasteiger partial charge in [0.1, 0.15) is 0 Å². The molecule has 22 heavy (non-hydrogen) atoms. The first kappa shape index (κ1) is 18.7. The van der Waals surface area contributed by atoms with Gasteiger partial charge in [-0.25, -0.2) is 0 Å². The van der Waals surface area contributed by atoms with E-state index in [1.807, 2.05) is 0 Å². The van der Waals surface area contributed by atoms with Crippen LogP contribution < -0.4 is 19.1 Å². The van der Waals surface area contributed by atoms with Gasteiger partial charge in [-0.3, -0.25) is 4.79 Å². The minimum absolute atomic E-state index is 0.455. The molecule has 0 saturated heterocycles. The van der Waals surface area contributed by atoms with Crippen LogP contribution in [-0.4, -0.2) is 44.4 Å². The van der Waals surface area contributed by atoms with E-state index in [0.29, 0.717) is 22.9 Å². The van der Waals surface area contributed by atoms with Crippen molar-refractivity contribution in [2.75, 3.05) is 33.3 Å². The van der Waals surface area contributed by atoms with Gasteiger partial charge in [0.15, 0.2) is 11.5 Å². The quantitative estimate of drug-likeness (QED) is 0.453. The molecule has 1 aromatic rings. The van der Waals surface area contributed by atoms with Crippen molar-refractivity contribution >= 4 is 52.7 Å². The number of nitrogens with zero attached hydrogens (tertiary/aromatic N) is 2. The monoisotopic (exact) mass is 368 g/mol. The molecule has 0 unspecified atom stereocenters. The topological polar surface area (TPSA) is 60.4 Å². The van der Waals surface area contributed by atoms with Gasteiger partial charge in [0.2, 0.25) is 5.75 Å². The number of methoxy groups -OCH3 is 3. The number of halogens is 3. The number of alkyl halides is 3. The Bertz CT molecular complexity index is 548. The molecule has 0 fully saturated rings. The van der Waals surface area contributed by atoms with E-state index in [0.717, 1.165) is 0 Å². The molecule has 0 bridgehead atoms. The van der Waals surface area contributed by atoms with Crippen molar-refractivity contribution in [2.24, 2.45) is 4.99 Å². The summed E-state index contributed by atoms with van der Waals surface area (Å²) in [6.45, 7) is 0. The van der Waals surface area contributed by atoms with Gasteiger partial charge in [-0.05, 0) is 0 Å². The van der Waals surface area contributed by atoms with Gasteiger partial charge < -0.3 is 19.1 Å². The third-order valence-electron chi connectivity index (χ3n) is 2.65. The van der Waals surface area contributed by atoms with Gasteiger partial charge in [-0.15, -0.1) is 0 Å². The largest absolute Gasteiger partial charge is 0.493 e. The average Bonchev–Trinajstić information content (AvgIpc) is 2.49. The Kier molecular flexibility index (Phi) is 6.59. The highest BCUT2D eigenvalue weighted by Gasteiger charge is 2.30. The standard InChI is InChI=1S/C13H15Cl3N2O4/c1-18(7-17-12(19)13(14,15)16)8-5-9(20-2)11(22-4)10(6-8)21-3/h5-7H,1-4H3. The molecule has 1 amide bonds. The maximum absolute atomic E-state index is 11.5. The Morgan fingerprint density at radius 3 is 2.00 bits per heavy atom. The summed E-state index contributed by atoms with van der Waals surface area (Å²) < 4.78 is 13.6. The zero-order chi connectivity index (χ0) is 16.9. The summed E-state index contributed by atoms with van der Waals surface area (Å²) in [5, 5.41) is 0. The highest BCUT2D eigenvalue weighted by molar-refractivity contribution is 6.76. The smallest absolute Gasteiger partial charge is 0.299 e. The van der Waals surface area contributed by atoms with Gasteiger partial charge in [-0.1, -0.05) is 34.8 Å². The number of carbonyl (C=O) groups is 1. The van der Waals surface area contributed by atoms with Gasteiger partial charge in [0.25, 0.3) is 9.70 Å². The van der Waals surface area contributed by atoms with Crippen LogP contribution in [0.4, 0.5) is 5.69 Å². The van der Waals surface area contributed by atoms with Gasteiger partial charge in [0.05, 0.1) is 27.7 Å². The second-order valence-electron chi connectivity index (χ2n) is 4.04. The number of hydrogen-bond acceptors (Lipinski definition) is 4.